The fraction of sp³-hybridized carbons (Fsp3) is 0.667. The summed E-state index contributed by atoms with van der Waals surface area (Å²) in [6.45, 7) is 0. The van der Waals surface area contributed by atoms with E-state index in [4.69, 9.17) is 5.11 Å². The van der Waals surface area contributed by atoms with Gasteiger partial charge in [-0.25, -0.2) is 0 Å². The van der Waals surface area contributed by atoms with Crippen LogP contribution in [0.2, 0.25) is 0 Å². The lowest BCUT2D eigenvalue weighted by Gasteiger charge is -1.93. The number of carbonyl (C=O) groups excluding carboxylic acids is 1. The Bertz CT molecular complexity index is 73.3. The van der Waals surface area contributed by atoms with Crippen LogP contribution in [0.15, 0.2) is 0 Å². The average molecular weight is 215 g/mol. The fourth-order valence-electron chi connectivity index (χ4n) is 0.166. The first-order valence-corrected chi connectivity index (χ1v) is 2.98. The molecule has 7 heavy (non-hydrogen) atoms. The van der Waals surface area contributed by atoms with Crippen LogP contribution in [0.4, 0.5) is 0 Å². The fourth-order valence-corrected chi connectivity index (χ4v) is 0.600. The van der Waals surface area contributed by atoms with E-state index in [1.165, 1.54) is 0 Å². The molecule has 0 rings (SSSR count). The number of hydrogen-bond donors (Lipinski definition) is 2. The summed E-state index contributed by atoms with van der Waals surface area (Å²) in [6, 6.07) is 0. The van der Waals surface area contributed by atoms with Crippen LogP contribution in [0, 0.1) is 0 Å². The molecule has 0 unspecified atom stereocenters. The number of rotatable bonds is 2. The highest BCUT2D eigenvalue weighted by Crippen LogP contribution is 1.97. The summed E-state index contributed by atoms with van der Waals surface area (Å²) in [5, 5.41) is 8.41. The van der Waals surface area contributed by atoms with Crippen LogP contribution in [0.5, 0.6) is 0 Å². The van der Waals surface area contributed by atoms with Crippen molar-refractivity contribution in [1.29, 1.82) is 0 Å². The number of aliphatic hydroxyl groups excluding tert-OH is 1. The van der Waals surface area contributed by atoms with E-state index in [-0.39, 0.29) is 6.42 Å². The topological polar surface area (TPSA) is 63.3 Å². The lowest BCUT2D eigenvalue weighted by Crippen LogP contribution is -2.15. The van der Waals surface area contributed by atoms with Crippen LogP contribution in [0.3, 0.4) is 0 Å². The number of hydrogen-bond acceptors (Lipinski definition) is 2. The van der Waals surface area contributed by atoms with Gasteiger partial charge in [0.2, 0.25) is 5.91 Å². The second-order valence-electron chi connectivity index (χ2n) is 1.10. The third kappa shape index (κ3) is 6.16. The number of alkyl halides is 1. The van der Waals surface area contributed by atoms with Crippen molar-refractivity contribution < 1.29 is 9.90 Å². The first kappa shape index (κ1) is 7.16. The van der Waals surface area contributed by atoms with Gasteiger partial charge in [-0.1, -0.05) is 22.6 Å². The van der Waals surface area contributed by atoms with Gasteiger partial charge in [0.15, 0.2) is 0 Å². The normalized spacial score (nSPS) is 13.4. The summed E-state index contributed by atoms with van der Waals surface area (Å²) in [6.07, 6.45) is 0.0422. The first-order chi connectivity index (χ1) is 3.13. The van der Waals surface area contributed by atoms with Crippen LogP contribution in [0.1, 0.15) is 6.42 Å². The standard InChI is InChI=1S/C3H6INO2/c4-2(6)1-3(5)7/h2,6H,1H2,(H2,5,7)/t2-/m0/s1. The molecule has 0 radical (unpaired) electrons. The minimum Gasteiger partial charge on any atom is -0.382 e. The van der Waals surface area contributed by atoms with Gasteiger partial charge in [-0.15, -0.1) is 0 Å². The van der Waals surface area contributed by atoms with Gasteiger partial charge < -0.3 is 10.8 Å². The summed E-state index contributed by atoms with van der Waals surface area (Å²) < 4.78 is -0.630. The number of carbonyl (C=O) groups is 1. The molecule has 0 aromatic heterocycles. The second kappa shape index (κ2) is 3.20. The minimum atomic E-state index is -0.630. The minimum absolute atomic E-state index is 0.0422. The van der Waals surface area contributed by atoms with Crippen molar-refractivity contribution in [1.82, 2.24) is 0 Å². The van der Waals surface area contributed by atoms with Gasteiger partial charge in [0.05, 0.1) is 6.42 Å². The van der Waals surface area contributed by atoms with Crippen LogP contribution in [-0.2, 0) is 4.79 Å². The molecule has 4 heteroatoms. The van der Waals surface area contributed by atoms with Crippen LogP contribution >= 0.6 is 22.6 Å². The van der Waals surface area contributed by atoms with Crippen LogP contribution in [-0.4, -0.2) is 15.1 Å². The van der Waals surface area contributed by atoms with E-state index < -0.39 is 10.0 Å². The molecule has 0 heterocycles. The van der Waals surface area contributed by atoms with Crippen LogP contribution < -0.4 is 5.73 Å². The third-order valence-corrected chi connectivity index (χ3v) is 0.810. The molecule has 1 amide bonds. The SMILES string of the molecule is NC(=O)C[C@H](O)I. The monoisotopic (exact) mass is 215 g/mol. The van der Waals surface area contributed by atoms with Crippen molar-refractivity contribution in [2.45, 2.75) is 10.5 Å². The molecule has 0 saturated carbocycles. The molecule has 0 aromatic carbocycles. The lowest BCUT2D eigenvalue weighted by molar-refractivity contribution is -0.118. The lowest BCUT2D eigenvalue weighted by atomic mass is 10.4. The maximum atomic E-state index is 9.87. The van der Waals surface area contributed by atoms with E-state index in [2.05, 4.69) is 5.73 Å². The van der Waals surface area contributed by atoms with Crippen molar-refractivity contribution in [2.24, 2.45) is 5.73 Å². The Morgan fingerprint density at radius 1 is 2.00 bits per heavy atom. The van der Waals surface area contributed by atoms with Crippen molar-refractivity contribution in [2.75, 3.05) is 0 Å². The van der Waals surface area contributed by atoms with E-state index in [0.717, 1.165) is 0 Å². The summed E-state index contributed by atoms with van der Waals surface area (Å²) >= 11 is 1.71. The quantitative estimate of drug-likeness (QED) is 0.486. The molecule has 0 bridgehead atoms. The first-order valence-electron chi connectivity index (χ1n) is 1.73. The van der Waals surface area contributed by atoms with Crippen molar-refractivity contribution in [3.63, 3.8) is 0 Å². The molecule has 0 aliphatic heterocycles. The second-order valence-corrected chi connectivity index (χ2v) is 2.54. The van der Waals surface area contributed by atoms with Crippen molar-refractivity contribution >= 4 is 28.5 Å². The molecule has 0 fully saturated rings. The average Bonchev–Trinajstić information content (AvgIpc) is 1.27. The smallest absolute Gasteiger partial charge is 0.220 e. The van der Waals surface area contributed by atoms with Crippen molar-refractivity contribution in [3.8, 4) is 0 Å². The molecular formula is C3H6INO2. The Morgan fingerprint density at radius 2 is 2.43 bits per heavy atom. The Hall–Kier alpha value is 0.160. The Kier molecular flexibility index (Phi) is 3.27. The highest BCUT2D eigenvalue weighted by Gasteiger charge is 1.99. The Balaban J connectivity index is 3.13. The van der Waals surface area contributed by atoms with E-state index >= 15 is 0 Å². The third-order valence-electron chi connectivity index (χ3n) is 0.370. The number of nitrogens with two attached hydrogens (primary N) is 1. The van der Waals surface area contributed by atoms with Gasteiger partial charge in [-0.3, -0.25) is 4.79 Å². The predicted molar refractivity (Wildman–Crippen MR) is 33.8 cm³/mol. The zero-order valence-electron chi connectivity index (χ0n) is 3.60. The highest BCUT2D eigenvalue weighted by molar-refractivity contribution is 14.1. The van der Waals surface area contributed by atoms with Crippen molar-refractivity contribution in [3.05, 3.63) is 0 Å². The maximum absolute atomic E-state index is 9.87. The Labute approximate surface area is 55.0 Å². The van der Waals surface area contributed by atoms with Gasteiger partial charge in [0.1, 0.15) is 4.11 Å². The maximum Gasteiger partial charge on any atom is 0.220 e. The summed E-state index contributed by atoms with van der Waals surface area (Å²) in [5.74, 6) is -0.470. The molecular weight excluding hydrogens is 209 g/mol. The predicted octanol–water partition coefficient (Wildman–Crippen LogP) is -0.385. The number of primary amides is 1. The van der Waals surface area contributed by atoms with E-state index in [1.54, 1.807) is 22.6 Å². The van der Waals surface area contributed by atoms with E-state index in [9.17, 15) is 4.79 Å². The van der Waals surface area contributed by atoms with Gasteiger partial charge in [0, 0.05) is 0 Å². The molecule has 0 aliphatic rings. The molecule has 0 saturated heterocycles. The molecule has 3 N–H and O–H groups in total. The zero-order valence-corrected chi connectivity index (χ0v) is 5.75. The number of aliphatic hydroxyl groups is 1. The highest BCUT2D eigenvalue weighted by atomic mass is 127. The summed E-state index contributed by atoms with van der Waals surface area (Å²) in [4.78, 5) is 9.87. The van der Waals surface area contributed by atoms with E-state index in [1.807, 2.05) is 0 Å². The van der Waals surface area contributed by atoms with Gasteiger partial charge >= 0.3 is 0 Å². The molecule has 1 atom stereocenters. The zero-order chi connectivity index (χ0) is 5.86. The Morgan fingerprint density at radius 3 is 2.43 bits per heavy atom. The molecule has 3 nitrogen and oxygen atoms in total. The molecule has 0 aromatic rings. The number of halogens is 1. The molecule has 0 aliphatic carbocycles. The summed E-state index contributed by atoms with van der Waals surface area (Å²) in [7, 11) is 0. The summed E-state index contributed by atoms with van der Waals surface area (Å²) in [5.41, 5.74) is 4.69. The van der Waals surface area contributed by atoms with Gasteiger partial charge in [-0.05, 0) is 0 Å². The van der Waals surface area contributed by atoms with Crippen LogP contribution in [0.25, 0.3) is 0 Å². The molecule has 42 valence electrons. The molecule has 0 spiro atoms. The largest absolute Gasteiger partial charge is 0.382 e. The van der Waals surface area contributed by atoms with Gasteiger partial charge in [0.25, 0.3) is 0 Å². The number of amides is 1. The van der Waals surface area contributed by atoms with E-state index in [0.29, 0.717) is 0 Å². The van der Waals surface area contributed by atoms with Gasteiger partial charge in [-0.2, -0.15) is 0 Å².